The first-order chi connectivity index (χ1) is 17.1. The van der Waals surface area contributed by atoms with Crippen molar-refractivity contribution in [3.63, 3.8) is 0 Å². The number of hydrogen-bond acceptors (Lipinski definition) is 5. The Labute approximate surface area is 207 Å². The number of quaternary nitrogens is 1. The molecule has 1 amide bonds. The highest BCUT2D eigenvalue weighted by atomic mass is 32.2. The molecule has 6 nitrogen and oxygen atoms in total. The third-order valence-electron chi connectivity index (χ3n) is 6.56. The number of anilines is 2. The Kier molecular flexibility index (Phi) is 5.51. The normalized spacial score (nSPS) is 16.3. The third-order valence-corrected chi connectivity index (χ3v) is 7.69. The number of amides is 1. The number of fused-ring (bicyclic) bond motifs is 4. The quantitative estimate of drug-likeness (QED) is 0.450. The van der Waals surface area contributed by atoms with Crippen molar-refractivity contribution in [2.75, 3.05) is 25.1 Å². The van der Waals surface area contributed by atoms with Gasteiger partial charge in [-0.2, -0.15) is 0 Å². The minimum atomic E-state index is -0.476. The number of ether oxygens (including phenoxy) is 1. The molecule has 1 aromatic heterocycles. The second-order valence-electron chi connectivity index (χ2n) is 8.91. The monoisotopic (exact) mass is 482 g/mol. The number of aromatic nitrogens is 1. The predicted molar refractivity (Wildman–Crippen MR) is 135 cm³/mol. The van der Waals surface area contributed by atoms with E-state index in [9.17, 15) is 9.59 Å². The Morgan fingerprint density at radius 3 is 2.37 bits per heavy atom. The van der Waals surface area contributed by atoms with Crippen LogP contribution in [0.4, 0.5) is 11.4 Å². The molecule has 1 N–H and O–H groups in total. The predicted octanol–water partition coefficient (Wildman–Crippen LogP) is 3.79. The van der Waals surface area contributed by atoms with Gasteiger partial charge in [0, 0.05) is 27.2 Å². The Bertz CT molecular complexity index is 1440. The fourth-order valence-corrected chi connectivity index (χ4v) is 5.95. The van der Waals surface area contributed by atoms with Gasteiger partial charge in [0.2, 0.25) is 0 Å². The van der Waals surface area contributed by atoms with Crippen LogP contribution in [0.5, 0.6) is 0 Å². The fourth-order valence-electron chi connectivity index (χ4n) is 4.89. The van der Waals surface area contributed by atoms with Crippen LogP contribution in [0.15, 0.2) is 82.6 Å². The van der Waals surface area contributed by atoms with Gasteiger partial charge in [0.1, 0.15) is 6.54 Å². The van der Waals surface area contributed by atoms with Gasteiger partial charge >= 0.3 is 5.97 Å². The first-order valence-electron chi connectivity index (χ1n) is 11.7. The summed E-state index contributed by atoms with van der Waals surface area (Å²) >= 11 is 1.63. The van der Waals surface area contributed by atoms with Crippen LogP contribution in [0.25, 0.3) is 10.9 Å². The zero-order chi connectivity index (χ0) is 23.9. The minimum Gasteiger partial charge on any atom is -0.452 e. The summed E-state index contributed by atoms with van der Waals surface area (Å²) in [5.74, 6) is -0.760. The molecule has 0 bridgehead atoms. The lowest BCUT2D eigenvalue weighted by atomic mass is 9.96. The Balaban J connectivity index is 1.32. The van der Waals surface area contributed by atoms with Crippen LogP contribution in [0.2, 0.25) is 0 Å². The number of benzene rings is 3. The number of rotatable bonds is 3. The molecular formula is C28H24N3O3S+. The van der Waals surface area contributed by atoms with Crippen molar-refractivity contribution in [1.29, 1.82) is 0 Å². The molecule has 0 aliphatic carbocycles. The van der Waals surface area contributed by atoms with E-state index in [0.29, 0.717) is 12.1 Å². The molecule has 0 spiro atoms. The molecule has 2 aliphatic heterocycles. The molecule has 1 unspecified atom stereocenters. The molecule has 3 aromatic carbocycles. The van der Waals surface area contributed by atoms with E-state index < -0.39 is 5.97 Å². The van der Waals surface area contributed by atoms with Crippen molar-refractivity contribution in [2.45, 2.75) is 22.8 Å². The van der Waals surface area contributed by atoms with Crippen molar-refractivity contribution in [1.82, 2.24) is 4.98 Å². The molecule has 3 heterocycles. The van der Waals surface area contributed by atoms with Gasteiger partial charge in [0.25, 0.3) is 5.91 Å². The van der Waals surface area contributed by atoms with Crippen LogP contribution in [-0.4, -0.2) is 37.1 Å². The summed E-state index contributed by atoms with van der Waals surface area (Å²) in [6.45, 7) is 1.33. The molecule has 174 valence electrons. The largest absolute Gasteiger partial charge is 0.452 e. The zero-order valence-corrected chi connectivity index (χ0v) is 20.1. The van der Waals surface area contributed by atoms with Crippen LogP contribution in [0, 0.1) is 0 Å². The van der Waals surface area contributed by atoms with Gasteiger partial charge in [-0.1, -0.05) is 54.2 Å². The molecule has 1 atom stereocenters. The molecule has 7 heteroatoms. The number of para-hydroxylation sites is 3. The number of likely N-dealkylation sites (N-methyl/N-ethyl adjacent to an activating group) is 1. The van der Waals surface area contributed by atoms with Crippen LogP contribution < -0.4 is 9.80 Å². The SMILES string of the molecule is C[NH+]1CCc2nc3ccccc3c(C(=O)OCC(=O)N3c4ccccc4Sc4ccccc43)c2C1. The Morgan fingerprint density at radius 1 is 0.971 bits per heavy atom. The van der Waals surface area contributed by atoms with E-state index in [4.69, 9.17) is 9.72 Å². The lowest BCUT2D eigenvalue weighted by Crippen LogP contribution is -3.08. The number of hydrogen-bond donors (Lipinski definition) is 1. The Hall–Kier alpha value is -3.68. The van der Waals surface area contributed by atoms with Crippen LogP contribution in [0.3, 0.4) is 0 Å². The van der Waals surface area contributed by atoms with Gasteiger partial charge in [0.15, 0.2) is 6.61 Å². The number of carbonyl (C=O) groups is 2. The maximum absolute atomic E-state index is 13.5. The van der Waals surface area contributed by atoms with Crippen molar-refractivity contribution in [3.05, 3.63) is 89.6 Å². The van der Waals surface area contributed by atoms with Crippen LogP contribution in [-0.2, 0) is 22.5 Å². The Morgan fingerprint density at radius 2 is 1.63 bits per heavy atom. The van der Waals surface area contributed by atoms with Crippen LogP contribution in [0.1, 0.15) is 21.6 Å². The van der Waals surface area contributed by atoms with E-state index in [1.54, 1.807) is 16.7 Å². The summed E-state index contributed by atoms with van der Waals surface area (Å²) < 4.78 is 5.71. The lowest BCUT2D eigenvalue weighted by molar-refractivity contribution is -0.895. The molecule has 0 fully saturated rings. The molecule has 6 rings (SSSR count). The minimum absolute atomic E-state index is 0.284. The highest BCUT2D eigenvalue weighted by molar-refractivity contribution is 7.99. The summed E-state index contributed by atoms with van der Waals surface area (Å²) in [6.07, 6.45) is 0.810. The van der Waals surface area contributed by atoms with E-state index in [0.717, 1.165) is 56.3 Å². The number of carbonyl (C=O) groups excluding carboxylic acids is 2. The van der Waals surface area contributed by atoms with E-state index >= 15 is 0 Å². The summed E-state index contributed by atoms with van der Waals surface area (Å²) in [5, 5.41) is 0.767. The molecular weight excluding hydrogens is 458 g/mol. The zero-order valence-electron chi connectivity index (χ0n) is 19.3. The maximum atomic E-state index is 13.5. The summed E-state index contributed by atoms with van der Waals surface area (Å²) in [7, 11) is 2.11. The van der Waals surface area contributed by atoms with Gasteiger partial charge in [-0.05, 0) is 30.3 Å². The van der Waals surface area contributed by atoms with Gasteiger partial charge in [0.05, 0.1) is 41.7 Å². The fraction of sp³-hybridized carbons (Fsp3) is 0.179. The van der Waals surface area contributed by atoms with Crippen molar-refractivity contribution < 1.29 is 19.2 Å². The third kappa shape index (κ3) is 3.87. The topological polar surface area (TPSA) is 63.9 Å². The highest BCUT2D eigenvalue weighted by Crippen LogP contribution is 2.47. The van der Waals surface area contributed by atoms with Gasteiger partial charge in [-0.3, -0.25) is 14.7 Å². The van der Waals surface area contributed by atoms with Crippen molar-refractivity contribution in [2.24, 2.45) is 0 Å². The van der Waals surface area contributed by atoms with Crippen molar-refractivity contribution in [3.8, 4) is 0 Å². The van der Waals surface area contributed by atoms with E-state index in [1.165, 1.54) is 4.90 Å². The second-order valence-corrected chi connectivity index (χ2v) is 9.99. The average molecular weight is 483 g/mol. The lowest BCUT2D eigenvalue weighted by Gasteiger charge is -2.31. The molecule has 0 saturated carbocycles. The summed E-state index contributed by atoms with van der Waals surface area (Å²) in [5.41, 5.74) is 4.79. The van der Waals surface area contributed by atoms with E-state index in [2.05, 4.69) is 7.05 Å². The first kappa shape index (κ1) is 21.8. The molecule has 2 aliphatic rings. The van der Waals surface area contributed by atoms with E-state index in [-0.39, 0.29) is 12.5 Å². The smallest absolute Gasteiger partial charge is 0.339 e. The molecule has 4 aromatic rings. The number of nitrogens with one attached hydrogen (secondary N) is 1. The van der Waals surface area contributed by atoms with Gasteiger partial charge in [-0.15, -0.1) is 0 Å². The highest BCUT2D eigenvalue weighted by Gasteiger charge is 2.31. The molecule has 0 saturated heterocycles. The summed E-state index contributed by atoms with van der Waals surface area (Å²) in [6, 6.07) is 23.2. The molecule has 35 heavy (non-hydrogen) atoms. The number of nitrogens with zero attached hydrogens (tertiary/aromatic N) is 2. The first-order valence-corrected chi connectivity index (χ1v) is 12.5. The van der Waals surface area contributed by atoms with E-state index in [1.807, 2.05) is 72.8 Å². The molecule has 0 radical (unpaired) electrons. The number of pyridine rings is 1. The van der Waals surface area contributed by atoms with Gasteiger partial charge in [-0.25, -0.2) is 4.79 Å². The van der Waals surface area contributed by atoms with Crippen LogP contribution >= 0.6 is 11.8 Å². The average Bonchev–Trinajstić information content (AvgIpc) is 2.88. The summed E-state index contributed by atoms with van der Waals surface area (Å²) in [4.78, 5) is 36.7. The second kappa shape index (κ2) is 8.83. The maximum Gasteiger partial charge on any atom is 0.339 e. The van der Waals surface area contributed by atoms with Crippen molar-refractivity contribution >= 4 is 45.9 Å². The van der Waals surface area contributed by atoms with Gasteiger partial charge < -0.3 is 9.64 Å². The number of esters is 1. The standard InChI is InChI=1S/C28H23N3O3S/c1-30-15-14-21-19(16-30)27(18-8-2-3-9-20(18)29-21)28(33)34-17-26(32)31-22-10-4-6-12-24(22)35-25-13-7-5-11-23(25)31/h2-13H,14-17H2,1H3/p+1.